The number of rotatable bonds is 5. The lowest BCUT2D eigenvalue weighted by molar-refractivity contribution is -0.139. The van der Waals surface area contributed by atoms with Crippen LogP contribution >= 0.6 is 43.5 Å². The van der Waals surface area contributed by atoms with E-state index in [9.17, 15) is 14.7 Å². The van der Waals surface area contributed by atoms with Gasteiger partial charge in [0, 0.05) is 26.0 Å². The van der Waals surface area contributed by atoms with Crippen molar-refractivity contribution in [3.05, 3.63) is 67.6 Å². The summed E-state index contributed by atoms with van der Waals surface area (Å²) in [6.45, 7) is 0. The fourth-order valence-corrected chi connectivity index (χ4v) is 3.53. The van der Waals surface area contributed by atoms with E-state index in [1.165, 1.54) is 0 Å². The minimum Gasteiger partial charge on any atom is -0.480 e. The Morgan fingerprint density at radius 1 is 1.13 bits per heavy atom. The lowest BCUT2D eigenvalue weighted by Gasteiger charge is -2.15. The number of hydrogen-bond donors (Lipinski definition) is 2. The Balaban J connectivity index is 2.15. The topological polar surface area (TPSA) is 66.4 Å². The van der Waals surface area contributed by atoms with Crippen LogP contribution < -0.4 is 5.32 Å². The van der Waals surface area contributed by atoms with Crippen molar-refractivity contribution in [2.75, 3.05) is 0 Å². The van der Waals surface area contributed by atoms with Crippen LogP contribution in [0.4, 0.5) is 0 Å². The molecule has 120 valence electrons. The second-order valence-corrected chi connectivity index (χ2v) is 7.12. The number of carboxylic acids is 1. The van der Waals surface area contributed by atoms with Crippen molar-refractivity contribution >= 4 is 55.3 Å². The first-order chi connectivity index (χ1) is 10.8. The Hall–Kier alpha value is -1.37. The summed E-state index contributed by atoms with van der Waals surface area (Å²) in [7, 11) is 0. The smallest absolute Gasteiger partial charge is 0.326 e. The molecule has 0 fully saturated rings. The van der Waals surface area contributed by atoms with E-state index in [0.717, 1.165) is 14.5 Å². The molecule has 0 unspecified atom stereocenters. The van der Waals surface area contributed by atoms with E-state index < -0.39 is 17.9 Å². The van der Waals surface area contributed by atoms with Gasteiger partial charge in [0.15, 0.2) is 0 Å². The zero-order chi connectivity index (χ0) is 17.0. The average Bonchev–Trinajstić information content (AvgIpc) is 2.45. The third-order valence-corrected chi connectivity index (χ3v) is 4.21. The molecule has 0 spiro atoms. The molecule has 1 amide bonds. The zero-order valence-electron chi connectivity index (χ0n) is 11.7. The van der Waals surface area contributed by atoms with Crippen LogP contribution in [0.5, 0.6) is 0 Å². The molecule has 0 bridgehead atoms. The maximum Gasteiger partial charge on any atom is 0.326 e. The first-order valence-electron chi connectivity index (χ1n) is 6.59. The summed E-state index contributed by atoms with van der Waals surface area (Å²) in [6, 6.07) is 10.9. The molecule has 0 aliphatic carbocycles. The molecule has 0 aliphatic heterocycles. The number of nitrogens with one attached hydrogen (secondary N) is 1. The minimum atomic E-state index is -1.10. The molecule has 2 aromatic rings. The van der Waals surface area contributed by atoms with Gasteiger partial charge in [0.1, 0.15) is 6.04 Å². The highest BCUT2D eigenvalue weighted by Gasteiger charge is 2.21. The molecular formula is C16H12Br2ClNO3. The second kappa shape index (κ2) is 7.95. The van der Waals surface area contributed by atoms with Gasteiger partial charge in [-0.1, -0.05) is 55.6 Å². The van der Waals surface area contributed by atoms with Gasteiger partial charge < -0.3 is 10.4 Å². The third kappa shape index (κ3) is 5.34. The van der Waals surface area contributed by atoms with Gasteiger partial charge in [-0.3, -0.25) is 4.79 Å². The van der Waals surface area contributed by atoms with E-state index in [0.29, 0.717) is 10.6 Å². The standard InChI is InChI=1S/C16H12Br2ClNO3/c17-11-6-10(7-12(18)8-11)15(21)20-14(16(22)23)5-9-2-1-3-13(19)4-9/h1-4,6-8,14H,5H2,(H,20,21)(H,22,23)/t14-/m0/s1. The molecule has 4 nitrogen and oxygen atoms in total. The Morgan fingerprint density at radius 3 is 2.35 bits per heavy atom. The number of carbonyl (C=O) groups is 2. The normalized spacial score (nSPS) is 11.8. The average molecular weight is 462 g/mol. The Bertz CT molecular complexity index is 732. The van der Waals surface area contributed by atoms with Crippen LogP contribution in [0.3, 0.4) is 0 Å². The van der Waals surface area contributed by atoms with E-state index >= 15 is 0 Å². The van der Waals surface area contributed by atoms with Gasteiger partial charge in [-0.2, -0.15) is 0 Å². The number of hydrogen-bond acceptors (Lipinski definition) is 2. The summed E-state index contributed by atoms with van der Waals surface area (Å²) in [5, 5.41) is 12.4. The van der Waals surface area contributed by atoms with Crippen molar-refractivity contribution in [3.8, 4) is 0 Å². The van der Waals surface area contributed by atoms with Crippen LogP contribution in [0.1, 0.15) is 15.9 Å². The third-order valence-electron chi connectivity index (χ3n) is 3.06. The molecule has 23 heavy (non-hydrogen) atoms. The van der Waals surface area contributed by atoms with Crippen molar-refractivity contribution in [2.45, 2.75) is 12.5 Å². The molecule has 2 N–H and O–H groups in total. The van der Waals surface area contributed by atoms with Gasteiger partial charge in [-0.15, -0.1) is 0 Å². The van der Waals surface area contributed by atoms with Crippen molar-refractivity contribution < 1.29 is 14.7 Å². The highest BCUT2D eigenvalue weighted by Crippen LogP contribution is 2.20. The lowest BCUT2D eigenvalue weighted by Crippen LogP contribution is -2.42. The summed E-state index contributed by atoms with van der Waals surface area (Å²) < 4.78 is 1.44. The summed E-state index contributed by atoms with van der Waals surface area (Å²) in [4.78, 5) is 23.7. The molecule has 0 aliphatic rings. The second-order valence-electron chi connectivity index (χ2n) is 4.86. The number of amides is 1. The van der Waals surface area contributed by atoms with Crippen molar-refractivity contribution in [3.63, 3.8) is 0 Å². The number of halogens is 3. The van der Waals surface area contributed by atoms with Crippen molar-refractivity contribution in [1.82, 2.24) is 5.32 Å². The van der Waals surface area contributed by atoms with E-state index in [-0.39, 0.29) is 6.42 Å². The quantitative estimate of drug-likeness (QED) is 0.698. The molecule has 0 heterocycles. The van der Waals surface area contributed by atoms with Gasteiger partial charge in [0.2, 0.25) is 0 Å². The number of benzene rings is 2. The summed E-state index contributed by atoms with van der Waals surface area (Å²) in [5.74, 6) is -1.56. The lowest BCUT2D eigenvalue weighted by atomic mass is 10.1. The van der Waals surface area contributed by atoms with Gasteiger partial charge in [0.05, 0.1) is 0 Å². The van der Waals surface area contributed by atoms with Crippen LogP contribution in [0.2, 0.25) is 5.02 Å². The monoisotopic (exact) mass is 459 g/mol. The van der Waals surface area contributed by atoms with Crippen LogP contribution in [0, 0.1) is 0 Å². The van der Waals surface area contributed by atoms with Crippen molar-refractivity contribution in [2.24, 2.45) is 0 Å². The molecule has 0 saturated heterocycles. The Labute approximate surface area is 155 Å². The van der Waals surface area contributed by atoms with Crippen LogP contribution in [-0.4, -0.2) is 23.0 Å². The zero-order valence-corrected chi connectivity index (χ0v) is 15.7. The van der Waals surface area contributed by atoms with E-state index in [1.54, 1.807) is 42.5 Å². The molecule has 0 saturated carbocycles. The van der Waals surface area contributed by atoms with Gasteiger partial charge in [-0.25, -0.2) is 4.79 Å². The van der Waals surface area contributed by atoms with Gasteiger partial charge in [0.25, 0.3) is 5.91 Å². The fourth-order valence-electron chi connectivity index (χ4n) is 2.03. The molecule has 1 atom stereocenters. The molecular weight excluding hydrogens is 449 g/mol. The van der Waals surface area contributed by atoms with Crippen molar-refractivity contribution in [1.29, 1.82) is 0 Å². The molecule has 2 rings (SSSR count). The summed E-state index contributed by atoms with van der Waals surface area (Å²) in [6.07, 6.45) is 0.150. The van der Waals surface area contributed by atoms with Crippen LogP contribution in [0.25, 0.3) is 0 Å². The van der Waals surface area contributed by atoms with Gasteiger partial charge >= 0.3 is 5.97 Å². The SMILES string of the molecule is O=C(N[C@@H](Cc1cccc(Cl)c1)C(=O)O)c1cc(Br)cc(Br)c1. The Kier molecular flexibility index (Phi) is 6.21. The van der Waals surface area contributed by atoms with Gasteiger partial charge in [-0.05, 0) is 35.9 Å². The highest BCUT2D eigenvalue weighted by molar-refractivity contribution is 9.11. The summed E-state index contributed by atoms with van der Waals surface area (Å²) in [5.41, 5.74) is 1.10. The number of aliphatic carboxylic acids is 1. The fraction of sp³-hybridized carbons (Fsp3) is 0.125. The summed E-state index contributed by atoms with van der Waals surface area (Å²) >= 11 is 12.5. The predicted molar refractivity (Wildman–Crippen MR) is 95.9 cm³/mol. The molecule has 7 heteroatoms. The molecule has 0 radical (unpaired) electrons. The van der Waals surface area contributed by atoms with E-state index in [2.05, 4.69) is 37.2 Å². The highest BCUT2D eigenvalue weighted by atomic mass is 79.9. The molecule has 2 aromatic carbocycles. The van der Waals surface area contributed by atoms with Crippen LogP contribution in [-0.2, 0) is 11.2 Å². The Morgan fingerprint density at radius 2 is 1.78 bits per heavy atom. The number of carbonyl (C=O) groups excluding carboxylic acids is 1. The maximum atomic E-state index is 12.3. The van der Waals surface area contributed by atoms with Crippen LogP contribution in [0.15, 0.2) is 51.4 Å². The number of carboxylic acid groups (broad SMARTS) is 1. The first-order valence-corrected chi connectivity index (χ1v) is 8.56. The largest absolute Gasteiger partial charge is 0.480 e. The molecule has 0 aromatic heterocycles. The first kappa shape index (κ1) is 18.0. The van der Waals surface area contributed by atoms with E-state index in [1.807, 2.05) is 0 Å². The predicted octanol–water partition coefficient (Wildman–Crippen LogP) is 4.29. The van der Waals surface area contributed by atoms with E-state index in [4.69, 9.17) is 11.6 Å². The maximum absolute atomic E-state index is 12.3. The minimum absolute atomic E-state index is 0.150.